The summed E-state index contributed by atoms with van der Waals surface area (Å²) in [6, 6.07) is 11.6. The first kappa shape index (κ1) is 21.0. The molecule has 0 saturated carbocycles. The molecule has 6 nitrogen and oxygen atoms in total. The van der Waals surface area contributed by atoms with Crippen molar-refractivity contribution in [3.05, 3.63) is 79.0 Å². The van der Waals surface area contributed by atoms with Crippen molar-refractivity contribution >= 4 is 24.0 Å². The van der Waals surface area contributed by atoms with Crippen molar-refractivity contribution < 1.29 is 14.2 Å². The van der Waals surface area contributed by atoms with Gasteiger partial charge >= 0.3 is 0 Å². The average Bonchev–Trinajstić information content (AvgIpc) is 3.04. The number of H-pyrrole nitrogens is 1. The van der Waals surface area contributed by atoms with Crippen LogP contribution in [0.5, 0.6) is 5.75 Å². The molecule has 0 aliphatic rings. The fourth-order valence-electron chi connectivity index (χ4n) is 2.66. The predicted molar refractivity (Wildman–Crippen MR) is 115 cm³/mol. The molecule has 0 spiro atoms. The van der Waals surface area contributed by atoms with E-state index in [2.05, 4.69) is 16.5 Å². The van der Waals surface area contributed by atoms with Gasteiger partial charge in [0, 0.05) is 25.4 Å². The highest BCUT2D eigenvalue weighted by Gasteiger charge is 2.06. The van der Waals surface area contributed by atoms with E-state index in [-0.39, 0.29) is 18.5 Å². The standard InChI is InChI=1S/C22H24N2O4S/c1-15(28-14-26-3)18-6-7-19(23-13-18)10-11-27-20-8-4-17(5-9-20)12-21-22(25)24-16(2)29-21/h4-9,12-13,15H,2,10-11,14H2,1,3H3,(H,24,25)/b21-12-. The van der Waals surface area contributed by atoms with Crippen molar-refractivity contribution in [3.8, 4) is 5.75 Å². The maximum absolute atomic E-state index is 11.7. The van der Waals surface area contributed by atoms with Crippen LogP contribution in [0.25, 0.3) is 12.7 Å². The van der Waals surface area contributed by atoms with Gasteiger partial charge in [0.25, 0.3) is 5.56 Å². The summed E-state index contributed by atoms with van der Waals surface area (Å²) in [7, 11) is 1.60. The van der Waals surface area contributed by atoms with E-state index >= 15 is 0 Å². The van der Waals surface area contributed by atoms with Gasteiger partial charge in [-0.25, -0.2) is 0 Å². The summed E-state index contributed by atoms with van der Waals surface area (Å²) in [6.07, 6.45) is 4.31. The minimum atomic E-state index is -0.113. The van der Waals surface area contributed by atoms with Crippen LogP contribution in [-0.4, -0.2) is 30.5 Å². The highest BCUT2D eigenvalue weighted by atomic mass is 32.1. The number of nitrogens with zero attached hydrogens (tertiary/aromatic N) is 1. The van der Waals surface area contributed by atoms with Crippen LogP contribution < -0.4 is 19.5 Å². The van der Waals surface area contributed by atoms with Gasteiger partial charge in [-0.15, -0.1) is 11.3 Å². The first-order valence-electron chi connectivity index (χ1n) is 9.23. The lowest BCUT2D eigenvalue weighted by molar-refractivity contribution is -0.0667. The van der Waals surface area contributed by atoms with Gasteiger partial charge in [0.05, 0.1) is 21.9 Å². The summed E-state index contributed by atoms with van der Waals surface area (Å²) in [5, 5.41) is 0. The molecular weight excluding hydrogens is 388 g/mol. The number of ether oxygens (including phenoxy) is 3. The number of aromatic amines is 1. The van der Waals surface area contributed by atoms with E-state index < -0.39 is 0 Å². The van der Waals surface area contributed by atoms with Crippen molar-refractivity contribution in [1.82, 2.24) is 9.97 Å². The quantitative estimate of drug-likeness (QED) is 0.546. The first-order valence-corrected chi connectivity index (χ1v) is 10.0. The number of hydrogen-bond acceptors (Lipinski definition) is 6. The van der Waals surface area contributed by atoms with Gasteiger partial charge in [-0.3, -0.25) is 9.78 Å². The van der Waals surface area contributed by atoms with Crippen molar-refractivity contribution in [2.75, 3.05) is 20.5 Å². The summed E-state index contributed by atoms with van der Waals surface area (Å²) in [6.45, 7) is 6.50. The largest absolute Gasteiger partial charge is 0.493 e. The number of rotatable bonds is 9. The SMILES string of the molecule is C=c1[nH]c(=O)/c(=C/c2ccc(OCCc3ccc(C(C)OCOC)cn3)cc2)s1. The van der Waals surface area contributed by atoms with Gasteiger partial charge in [0.1, 0.15) is 12.5 Å². The first-order chi connectivity index (χ1) is 14.0. The molecule has 1 atom stereocenters. The number of benzene rings is 1. The number of methoxy groups -OCH3 is 1. The summed E-state index contributed by atoms with van der Waals surface area (Å²) in [5.74, 6) is 0.776. The van der Waals surface area contributed by atoms with Crippen LogP contribution in [0.2, 0.25) is 0 Å². The summed E-state index contributed by atoms with van der Waals surface area (Å²) >= 11 is 1.34. The molecule has 7 heteroatoms. The lowest BCUT2D eigenvalue weighted by atomic mass is 10.1. The molecule has 0 aliphatic carbocycles. The number of hydrogen-bond donors (Lipinski definition) is 1. The Labute approximate surface area is 173 Å². The Morgan fingerprint density at radius 3 is 2.66 bits per heavy atom. The summed E-state index contributed by atoms with van der Waals surface area (Å²) in [5.41, 5.74) is 2.79. The van der Waals surface area contributed by atoms with E-state index in [9.17, 15) is 4.79 Å². The second-order valence-corrected chi connectivity index (χ2v) is 7.59. The Bertz CT molecular complexity index is 1070. The van der Waals surface area contributed by atoms with Crippen LogP contribution in [0, 0.1) is 0 Å². The highest BCUT2D eigenvalue weighted by Crippen LogP contribution is 2.16. The van der Waals surface area contributed by atoms with E-state index in [1.165, 1.54) is 11.3 Å². The van der Waals surface area contributed by atoms with Crippen LogP contribution in [0.4, 0.5) is 0 Å². The normalized spacial score (nSPS) is 12.8. The van der Waals surface area contributed by atoms with E-state index in [1.54, 1.807) is 7.11 Å². The van der Waals surface area contributed by atoms with Crippen LogP contribution >= 0.6 is 11.3 Å². The van der Waals surface area contributed by atoms with Crippen molar-refractivity contribution in [3.63, 3.8) is 0 Å². The van der Waals surface area contributed by atoms with E-state index in [4.69, 9.17) is 14.2 Å². The van der Waals surface area contributed by atoms with Gasteiger partial charge in [-0.1, -0.05) is 24.8 Å². The lowest BCUT2D eigenvalue weighted by Crippen LogP contribution is -2.19. The third-order valence-electron chi connectivity index (χ3n) is 4.27. The van der Waals surface area contributed by atoms with E-state index in [0.717, 1.165) is 22.6 Å². The lowest BCUT2D eigenvalue weighted by Gasteiger charge is -2.12. The fraction of sp³-hybridized carbons (Fsp3) is 0.273. The molecule has 0 amide bonds. The summed E-state index contributed by atoms with van der Waals surface area (Å²) in [4.78, 5) is 18.9. The smallest absolute Gasteiger partial charge is 0.266 e. The van der Waals surface area contributed by atoms with E-state index in [0.29, 0.717) is 22.2 Å². The zero-order chi connectivity index (χ0) is 20.6. The Morgan fingerprint density at radius 1 is 1.24 bits per heavy atom. The number of pyridine rings is 1. The molecule has 3 aromatic rings. The van der Waals surface area contributed by atoms with Crippen LogP contribution in [0.1, 0.15) is 29.8 Å². The molecule has 0 fully saturated rings. The molecule has 152 valence electrons. The minimum absolute atomic E-state index is 0.0620. The van der Waals surface area contributed by atoms with Crippen molar-refractivity contribution in [2.24, 2.45) is 0 Å². The number of aromatic nitrogens is 2. The molecule has 2 heterocycles. The molecule has 1 unspecified atom stereocenters. The van der Waals surface area contributed by atoms with Gasteiger partial charge < -0.3 is 19.2 Å². The zero-order valence-corrected chi connectivity index (χ0v) is 17.3. The second-order valence-electron chi connectivity index (χ2n) is 6.45. The molecule has 3 rings (SSSR count). The van der Waals surface area contributed by atoms with Crippen molar-refractivity contribution in [1.29, 1.82) is 0 Å². The third-order valence-corrected chi connectivity index (χ3v) is 5.14. The monoisotopic (exact) mass is 412 g/mol. The van der Waals surface area contributed by atoms with Crippen LogP contribution in [0.15, 0.2) is 47.4 Å². The topological polar surface area (TPSA) is 73.4 Å². The molecule has 29 heavy (non-hydrogen) atoms. The van der Waals surface area contributed by atoms with Gasteiger partial charge in [0.15, 0.2) is 0 Å². The third kappa shape index (κ3) is 6.12. The molecule has 0 radical (unpaired) electrons. The van der Waals surface area contributed by atoms with Gasteiger partial charge in [-0.05, 0) is 42.3 Å². The average molecular weight is 413 g/mol. The van der Waals surface area contributed by atoms with E-state index in [1.807, 2.05) is 55.6 Å². The Kier molecular flexibility index (Phi) is 7.35. The van der Waals surface area contributed by atoms with Crippen LogP contribution in [0.3, 0.4) is 0 Å². The highest BCUT2D eigenvalue weighted by molar-refractivity contribution is 7.07. The minimum Gasteiger partial charge on any atom is -0.493 e. The predicted octanol–water partition coefficient (Wildman–Crippen LogP) is 2.37. The number of thiazole rings is 1. The van der Waals surface area contributed by atoms with Gasteiger partial charge in [0.2, 0.25) is 0 Å². The van der Waals surface area contributed by atoms with Crippen molar-refractivity contribution in [2.45, 2.75) is 19.4 Å². The van der Waals surface area contributed by atoms with Crippen LogP contribution in [-0.2, 0) is 15.9 Å². The zero-order valence-electron chi connectivity index (χ0n) is 16.5. The number of nitrogens with one attached hydrogen (secondary N) is 1. The molecule has 0 saturated heterocycles. The molecule has 1 aromatic carbocycles. The maximum Gasteiger partial charge on any atom is 0.266 e. The second kappa shape index (κ2) is 10.2. The Morgan fingerprint density at radius 2 is 2.03 bits per heavy atom. The molecular formula is C22H24N2O4S. The fourth-order valence-corrected chi connectivity index (χ4v) is 3.41. The summed E-state index contributed by atoms with van der Waals surface area (Å²) < 4.78 is 17.5. The molecule has 0 aliphatic heterocycles. The molecule has 0 bridgehead atoms. The molecule has 1 N–H and O–H groups in total. The maximum atomic E-state index is 11.7. The van der Waals surface area contributed by atoms with Gasteiger partial charge in [-0.2, -0.15) is 0 Å². The Hall–Kier alpha value is -2.74. The molecule has 2 aromatic heterocycles. The Balaban J connectivity index is 1.52.